The van der Waals surface area contributed by atoms with E-state index in [-0.39, 0.29) is 5.92 Å². The van der Waals surface area contributed by atoms with Gasteiger partial charge in [0.2, 0.25) is 0 Å². The second-order valence-electron chi connectivity index (χ2n) is 4.10. The molecule has 1 aromatic heterocycles. The molecule has 1 unspecified atom stereocenters. The van der Waals surface area contributed by atoms with Gasteiger partial charge in [-0.2, -0.15) is 5.10 Å². The SMILES string of the molecule is CCn1ncnc1CC(CCl)c1ccc(Br)cc1. The van der Waals surface area contributed by atoms with Gasteiger partial charge in [0.15, 0.2) is 0 Å². The molecule has 0 N–H and O–H groups in total. The third-order valence-electron chi connectivity index (χ3n) is 2.95. The normalized spacial score (nSPS) is 12.6. The number of nitrogens with zero attached hydrogens (tertiary/aromatic N) is 3. The summed E-state index contributed by atoms with van der Waals surface area (Å²) in [7, 11) is 0. The van der Waals surface area contributed by atoms with Crippen LogP contribution >= 0.6 is 27.5 Å². The Bertz CT molecular complexity index is 495. The standard InChI is InChI=1S/C13H15BrClN3/c1-2-18-13(16-9-17-18)7-11(8-15)10-3-5-12(14)6-4-10/h3-6,9,11H,2,7-8H2,1H3. The minimum atomic E-state index is 0.272. The number of benzene rings is 1. The Hall–Kier alpha value is -0.870. The monoisotopic (exact) mass is 327 g/mol. The second kappa shape index (κ2) is 6.34. The molecule has 0 bridgehead atoms. The molecular formula is C13H15BrClN3. The average molecular weight is 329 g/mol. The molecule has 0 fully saturated rings. The van der Waals surface area contributed by atoms with Crippen LogP contribution in [0.5, 0.6) is 0 Å². The number of alkyl halides is 1. The number of aryl methyl sites for hydroxylation is 1. The summed E-state index contributed by atoms with van der Waals surface area (Å²) in [5, 5.41) is 4.18. The zero-order valence-electron chi connectivity index (χ0n) is 10.2. The molecule has 1 heterocycles. The first-order valence-electron chi connectivity index (χ1n) is 5.92. The van der Waals surface area contributed by atoms with Gasteiger partial charge in [-0.1, -0.05) is 28.1 Å². The highest BCUT2D eigenvalue weighted by molar-refractivity contribution is 9.10. The van der Waals surface area contributed by atoms with Crippen LogP contribution in [0, 0.1) is 0 Å². The lowest BCUT2D eigenvalue weighted by molar-refractivity contribution is 0.590. The molecule has 0 saturated heterocycles. The number of rotatable bonds is 5. The van der Waals surface area contributed by atoms with Crippen LogP contribution in [-0.2, 0) is 13.0 Å². The summed E-state index contributed by atoms with van der Waals surface area (Å²) < 4.78 is 2.99. The molecule has 96 valence electrons. The molecule has 3 nitrogen and oxygen atoms in total. The van der Waals surface area contributed by atoms with Gasteiger partial charge < -0.3 is 0 Å². The van der Waals surface area contributed by atoms with E-state index in [1.54, 1.807) is 6.33 Å². The average Bonchev–Trinajstić information content (AvgIpc) is 2.84. The number of halogens is 2. The molecule has 0 aliphatic rings. The Morgan fingerprint density at radius 3 is 2.67 bits per heavy atom. The lowest BCUT2D eigenvalue weighted by atomic mass is 9.97. The van der Waals surface area contributed by atoms with Gasteiger partial charge in [0, 0.05) is 29.2 Å². The molecule has 5 heteroatoms. The van der Waals surface area contributed by atoms with Crippen LogP contribution in [0.4, 0.5) is 0 Å². The first-order chi connectivity index (χ1) is 8.74. The van der Waals surface area contributed by atoms with Crippen LogP contribution in [0.3, 0.4) is 0 Å². The van der Waals surface area contributed by atoms with Crippen LogP contribution in [0.15, 0.2) is 35.1 Å². The molecule has 0 aliphatic carbocycles. The van der Waals surface area contributed by atoms with Gasteiger partial charge in [-0.15, -0.1) is 11.6 Å². The smallest absolute Gasteiger partial charge is 0.138 e. The zero-order chi connectivity index (χ0) is 13.0. The minimum Gasteiger partial charge on any atom is -0.250 e. The van der Waals surface area contributed by atoms with E-state index >= 15 is 0 Å². The van der Waals surface area contributed by atoms with Gasteiger partial charge in [-0.25, -0.2) is 4.98 Å². The van der Waals surface area contributed by atoms with E-state index in [1.165, 1.54) is 5.56 Å². The van der Waals surface area contributed by atoms with Crippen LogP contribution in [0.1, 0.15) is 24.2 Å². The first-order valence-corrected chi connectivity index (χ1v) is 7.25. The molecule has 18 heavy (non-hydrogen) atoms. The van der Waals surface area contributed by atoms with E-state index in [0.717, 1.165) is 23.3 Å². The number of hydrogen-bond acceptors (Lipinski definition) is 2. The molecule has 1 atom stereocenters. The second-order valence-corrected chi connectivity index (χ2v) is 5.32. The van der Waals surface area contributed by atoms with Crippen LogP contribution in [0.25, 0.3) is 0 Å². The van der Waals surface area contributed by atoms with Gasteiger partial charge in [0.25, 0.3) is 0 Å². The Labute approximate surface area is 120 Å². The van der Waals surface area contributed by atoms with Gasteiger partial charge in [0.1, 0.15) is 12.2 Å². The summed E-state index contributed by atoms with van der Waals surface area (Å²) >= 11 is 9.53. The van der Waals surface area contributed by atoms with Crippen molar-refractivity contribution in [2.24, 2.45) is 0 Å². The predicted molar refractivity (Wildman–Crippen MR) is 77.0 cm³/mol. The number of hydrogen-bond donors (Lipinski definition) is 0. The Balaban J connectivity index is 2.17. The molecule has 0 spiro atoms. The third kappa shape index (κ3) is 3.12. The topological polar surface area (TPSA) is 30.7 Å². The van der Waals surface area contributed by atoms with E-state index in [2.05, 4.69) is 45.1 Å². The highest BCUT2D eigenvalue weighted by atomic mass is 79.9. The maximum Gasteiger partial charge on any atom is 0.138 e. The quantitative estimate of drug-likeness (QED) is 0.785. The van der Waals surface area contributed by atoms with Crippen molar-refractivity contribution in [3.8, 4) is 0 Å². The van der Waals surface area contributed by atoms with E-state index in [1.807, 2.05) is 16.8 Å². The van der Waals surface area contributed by atoms with E-state index < -0.39 is 0 Å². The summed E-state index contributed by atoms with van der Waals surface area (Å²) in [5.74, 6) is 1.85. The Kier molecular flexibility index (Phi) is 4.78. The third-order valence-corrected chi connectivity index (χ3v) is 3.85. The maximum absolute atomic E-state index is 6.09. The van der Waals surface area contributed by atoms with Gasteiger partial charge in [-0.3, -0.25) is 4.68 Å². The molecule has 2 rings (SSSR count). The molecule has 0 radical (unpaired) electrons. The molecule has 2 aromatic rings. The van der Waals surface area contributed by atoms with Crippen molar-refractivity contribution in [3.63, 3.8) is 0 Å². The fraction of sp³-hybridized carbons (Fsp3) is 0.385. The van der Waals surface area contributed by atoms with E-state index in [9.17, 15) is 0 Å². The van der Waals surface area contributed by atoms with Crippen LogP contribution < -0.4 is 0 Å². The molecule has 0 aliphatic heterocycles. The molecule has 1 aromatic carbocycles. The fourth-order valence-electron chi connectivity index (χ4n) is 1.93. The molecule has 0 saturated carbocycles. The van der Waals surface area contributed by atoms with Crippen molar-refractivity contribution in [2.75, 3.05) is 5.88 Å². The lowest BCUT2D eigenvalue weighted by Gasteiger charge is -2.14. The van der Waals surface area contributed by atoms with Crippen molar-refractivity contribution in [3.05, 3.63) is 46.5 Å². The predicted octanol–water partition coefficient (Wildman–Crippen LogP) is 3.63. The summed E-state index contributed by atoms with van der Waals surface area (Å²) in [5.41, 5.74) is 1.24. The highest BCUT2D eigenvalue weighted by Crippen LogP contribution is 2.23. The maximum atomic E-state index is 6.09. The van der Waals surface area contributed by atoms with E-state index in [4.69, 9.17) is 11.6 Å². The highest BCUT2D eigenvalue weighted by Gasteiger charge is 2.14. The zero-order valence-corrected chi connectivity index (χ0v) is 12.5. The van der Waals surface area contributed by atoms with E-state index in [0.29, 0.717) is 5.88 Å². The van der Waals surface area contributed by atoms with Gasteiger partial charge in [-0.05, 0) is 24.6 Å². The Morgan fingerprint density at radius 1 is 1.33 bits per heavy atom. The first kappa shape index (κ1) is 13.6. The Morgan fingerprint density at radius 2 is 2.06 bits per heavy atom. The molecular weight excluding hydrogens is 314 g/mol. The number of aromatic nitrogens is 3. The van der Waals surface area contributed by atoms with Gasteiger partial charge >= 0.3 is 0 Å². The summed E-state index contributed by atoms with van der Waals surface area (Å²) in [6, 6.07) is 8.28. The molecule has 0 amide bonds. The van der Waals surface area contributed by atoms with Crippen molar-refractivity contribution in [1.82, 2.24) is 14.8 Å². The largest absolute Gasteiger partial charge is 0.250 e. The minimum absolute atomic E-state index is 0.272. The lowest BCUT2D eigenvalue weighted by Crippen LogP contribution is -2.11. The summed E-state index contributed by atoms with van der Waals surface area (Å²) in [6.07, 6.45) is 2.42. The van der Waals surface area contributed by atoms with Crippen LogP contribution in [-0.4, -0.2) is 20.6 Å². The van der Waals surface area contributed by atoms with Crippen molar-refractivity contribution >= 4 is 27.5 Å². The van der Waals surface area contributed by atoms with Gasteiger partial charge in [0.05, 0.1) is 0 Å². The summed E-state index contributed by atoms with van der Waals surface area (Å²) in [6.45, 7) is 2.90. The summed E-state index contributed by atoms with van der Waals surface area (Å²) in [4.78, 5) is 4.30. The van der Waals surface area contributed by atoms with Crippen molar-refractivity contribution in [2.45, 2.75) is 25.8 Å². The van der Waals surface area contributed by atoms with Crippen molar-refractivity contribution in [1.29, 1.82) is 0 Å². The van der Waals surface area contributed by atoms with Crippen molar-refractivity contribution < 1.29 is 0 Å². The fourth-order valence-corrected chi connectivity index (χ4v) is 2.48. The van der Waals surface area contributed by atoms with Crippen LogP contribution in [0.2, 0.25) is 0 Å².